The van der Waals surface area contributed by atoms with Crippen LogP contribution < -0.4 is 5.73 Å². The minimum absolute atomic E-state index is 0.0506. The number of imidazole rings is 1. The van der Waals surface area contributed by atoms with Crippen molar-refractivity contribution in [2.24, 2.45) is 5.73 Å². The first-order chi connectivity index (χ1) is 6.77. The second-order valence-corrected chi connectivity index (χ2v) is 3.48. The fourth-order valence-corrected chi connectivity index (χ4v) is 1.59. The Morgan fingerprint density at radius 3 is 3.14 bits per heavy atom. The largest absolute Gasteiger partial charge is 0.496 e. The number of nitrogens with two attached hydrogens (primary N) is 1. The van der Waals surface area contributed by atoms with Crippen molar-refractivity contribution in [3.05, 3.63) is 30.1 Å². The molecule has 4 nitrogen and oxygen atoms in total. The average Bonchev–Trinajstić information content (AvgIpc) is 2.77. The van der Waals surface area contributed by atoms with Crippen molar-refractivity contribution in [3.8, 4) is 0 Å². The van der Waals surface area contributed by atoms with E-state index < -0.39 is 0 Å². The van der Waals surface area contributed by atoms with E-state index in [0.29, 0.717) is 0 Å². The maximum Gasteiger partial charge on any atom is 0.111 e. The summed E-state index contributed by atoms with van der Waals surface area (Å²) in [5, 5.41) is 0. The van der Waals surface area contributed by atoms with Crippen molar-refractivity contribution < 1.29 is 4.74 Å². The van der Waals surface area contributed by atoms with Gasteiger partial charge in [-0.2, -0.15) is 0 Å². The Morgan fingerprint density at radius 2 is 2.57 bits per heavy atom. The monoisotopic (exact) mass is 193 g/mol. The molecule has 0 radical (unpaired) electrons. The Labute approximate surface area is 83.4 Å². The van der Waals surface area contributed by atoms with Gasteiger partial charge in [-0.15, -0.1) is 0 Å². The SMILES string of the molecule is Cc1nccn1CC(N)C1=CCCO1. The van der Waals surface area contributed by atoms with E-state index in [9.17, 15) is 0 Å². The lowest BCUT2D eigenvalue weighted by Gasteiger charge is -2.14. The molecule has 76 valence electrons. The molecule has 4 heteroatoms. The summed E-state index contributed by atoms with van der Waals surface area (Å²) in [4.78, 5) is 4.14. The first kappa shape index (κ1) is 9.27. The summed E-state index contributed by atoms with van der Waals surface area (Å²) in [6.45, 7) is 3.47. The minimum atomic E-state index is -0.0506. The van der Waals surface area contributed by atoms with E-state index in [1.807, 2.05) is 17.7 Å². The van der Waals surface area contributed by atoms with Gasteiger partial charge in [-0.25, -0.2) is 4.98 Å². The summed E-state index contributed by atoms with van der Waals surface area (Å²) >= 11 is 0. The summed E-state index contributed by atoms with van der Waals surface area (Å²) in [6.07, 6.45) is 6.76. The quantitative estimate of drug-likeness (QED) is 0.773. The molecule has 1 aliphatic rings. The molecule has 0 bridgehead atoms. The molecule has 2 N–H and O–H groups in total. The average molecular weight is 193 g/mol. The molecule has 0 amide bonds. The summed E-state index contributed by atoms with van der Waals surface area (Å²) in [7, 11) is 0. The lowest BCUT2D eigenvalue weighted by molar-refractivity contribution is 0.219. The molecule has 2 rings (SSSR count). The highest BCUT2D eigenvalue weighted by molar-refractivity contribution is 5.06. The summed E-state index contributed by atoms with van der Waals surface area (Å²) in [5.74, 6) is 1.90. The summed E-state index contributed by atoms with van der Waals surface area (Å²) in [6, 6.07) is -0.0506. The topological polar surface area (TPSA) is 53.1 Å². The molecule has 0 fully saturated rings. The zero-order valence-electron chi connectivity index (χ0n) is 8.31. The Hall–Kier alpha value is -1.29. The molecule has 1 unspecified atom stereocenters. The van der Waals surface area contributed by atoms with Gasteiger partial charge in [0.2, 0.25) is 0 Å². The van der Waals surface area contributed by atoms with E-state index in [1.54, 1.807) is 6.20 Å². The van der Waals surface area contributed by atoms with Crippen LogP contribution in [0.4, 0.5) is 0 Å². The van der Waals surface area contributed by atoms with Gasteiger partial charge in [0.1, 0.15) is 11.6 Å². The van der Waals surface area contributed by atoms with Gasteiger partial charge in [-0.3, -0.25) is 0 Å². The summed E-state index contributed by atoms with van der Waals surface area (Å²) < 4.78 is 7.44. The molecule has 1 aromatic rings. The number of hydrogen-bond donors (Lipinski definition) is 1. The molecular weight excluding hydrogens is 178 g/mol. The van der Waals surface area contributed by atoms with Crippen LogP contribution in [-0.2, 0) is 11.3 Å². The minimum Gasteiger partial charge on any atom is -0.496 e. The van der Waals surface area contributed by atoms with Crippen molar-refractivity contribution in [3.63, 3.8) is 0 Å². The molecule has 2 heterocycles. The fourth-order valence-electron chi connectivity index (χ4n) is 1.59. The van der Waals surface area contributed by atoms with Crippen LogP contribution in [0.5, 0.6) is 0 Å². The first-order valence-electron chi connectivity index (χ1n) is 4.83. The molecular formula is C10H15N3O. The van der Waals surface area contributed by atoms with Gasteiger partial charge in [0.25, 0.3) is 0 Å². The zero-order valence-corrected chi connectivity index (χ0v) is 8.31. The van der Waals surface area contributed by atoms with Crippen molar-refractivity contribution in [1.29, 1.82) is 0 Å². The first-order valence-corrected chi connectivity index (χ1v) is 4.83. The molecule has 1 atom stereocenters. The number of ether oxygens (including phenoxy) is 1. The smallest absolute Gasteiger partial charge is 0.111 e. The van der Waals surface area contributed by atoms with Gasteiger partial charge in [0.15, 0.2) is 0 Å². The van der Waals surface area contributed by atoms with E-state index in [-0.39, 0.29) is 6.04 Å². The van der Waals surface area contributed by atoms with Crippen LogP contribution in [0.15, 0.2) is 24.2 Å². The maximum atomic E-state index is 6.00. The van der Waals surface area contributed by atoms with Crippen LogP contribution in [0.3, 0.4) is 0 Å². The van der Waals surface area contributed by atoms with Gasteiger partial charge < -0.3 is 15.0 Å². The van der Waals surface area contributed by atoms with Gasteiger partial charge in [0, 0.05) is 25.4 Å². The van der Waals surface area contributed by atoms with E-state index in [2.05, 4.69) is 11.1 Å². The second-order valence-electron chi connectivity index (χ2n) is 3.48. The normalized spacial score (nSPS) is 17.7. The molecule has 1 aromatic heterocycles. The Balaban J connectivity index is 2.01. The van der Waals surface area contributed by atoms with Gasteiger partial charge >= 0.3 is 0 Å². The predicted octanol–water partition coefficient (Wildman–Crippen LogP) is 0.823. The lowest BCUT2D eigenvalue weighted by Crippen LogP contribution is -2.28. The molecule has 1 aliphatic heterocycles. The van der Waals surface area contributed by atoms with Crippen LogP contribution in [0.2, 0.25) is 0 Å². The highest BCUT2D eigenvalue weighted by Crippen LogP contribution is 2.13. The van der Waals surface area contributed by atoms with Crippen LogP contribution in [0, 0.1) is 6.92 Å². The number of hydrogen-bond acceptors (Lipinski definition) is 3. The van der Waals surface area contributed by atoms with Crippen LogP contribution in [0.25, 0.3) is 0 Å². The van der Waals surface area contributed by atoms with Crippen LogP contribution in [-0.4, -0.2) is 22.2 Å². The summed E-state index contributed by atoms with van der Waals surface area (Å²) in [5.41, 5.74) is 6.00. The zero-order chi connectivity index (χ0) is 9.97. The van der Waals surface area contributed by atoms with Crippen molar-refractivity contribution in [2.45, 2.75) is 25.9 Å². The maximum absolute atomic E-state index is 6.00. The highest BCUT2D eigenvalue weighted by Gasteiger charge is 2.15. The van der Waals surface area contributed by atoms with Gasteiger partial charge in [-0.05, 0) is 13.0 Å². The van der Waals surface area contributed by atoms with E-state index in [0.717, 1.165) is 31.2 Å². The number of nitrogens with zero attached hydrogens (tertiary/aromatic N) is 2. The number of aromatic nitrogens is 2. The molecule has 0 aromatic carbocycles. The van der Waals surface area contributed by atoms with Crippen molar-refractivity contribution in [1.82, 2.24) is 9.55 Å². The van der Waals surface area contributed by atoms with Crippen LogP contribution >= 0.6 is 0 Å². The molecule has 0 aliphatic carbocycles. The Kier molecular flexibility index (Phi) is 2.54. The predicted molar refractivity (Wildman–Crippen MR) is 53.6 cm³/mol. The second kappa shape index (κ2) is 3.84. The standard InChI is InChI=1S/C10H15N3O/c1-8-12-4-5-13(8)7-9(11)10-3-2-6-14-10/h3-5,9H,2,6-7,11H2,1H3. The molecule has 0 saturated heterocycles. The van der Waals surface area contributed by atoms with Gasteiger partial charge in [0.05, 0.1) is 12.6 Å². The number of aryl methyl sites for hydroxylation is 1. The Bertz CT molecular complexity index is 343. The third kappa shape index (κ3) is 1.80. The highest BCUT2D eigenvalue weighted by atomic mass is 16.5. The van der Waals surface area contributed by atoms with E-state index in [1.165, 1.54) is 0 Å². The van der Waals surface area contributed by atoms with E-state index >= 15 is 0 Å². The molecule has 0 saturated carbocycles. The molecule has 14 heavy (non-hydrogen) atoms. The fraction of sp³-hybridized carbons (Fsp3) is 0.500. The lowest BCUT2D eigenvalue weighted by atomic mass is 10.2. The van der Waals surface area contributed by atoms with E-state index in [4.69, 9.17) is 10.5 Å². The molecule has 0 spiro atoms. The number of rotatable bonds is 3. The van der Waals surface area contributed by atoms with Crippen molar-refractivity contribution in [2.75, 3.05) is 6.61 Å². The van der Waals surface area contributed by atoms with Crippen molar-refractivity contribution >= 4 is 0 Å². The van der Waals surface area contributed by atoms with Crippen LogP contribution in [0.1, 0.15) is 12.2 Å². The van der Waals surface area contributed by atoms with Gasteiger partial charge in [-0.1, -0.05) is 0 Å². The third-order valence-electron chi connectivity index (χ3n) is 2.41. The third-order valence-corrected chi connectivity index (χ3v) is 2.41. The Morgan fingerprint density at radius 1 is 1.71 bits per heavy atom.